The minimum absolute atomic E-state index is 0.272. The molecule has 0 bridgehead atoms. The normalized spacial score (nSPS) is 21.1. The van der Waals surface area contributed by atoms with E-state index in [0.29, 0.717) is 19.6 Å². The highest BCUT2D eigenvalue weighted by Gasteiger charge is 2.37. The molecular weight excluding hydrogens is 332 g/mol. The SMILES string of the molecule is CCOC(=O)C1CN(Cc2ccccc2)CC[C@@H]1NC(=O)OC(C)(C)C. The molecule has 1 aromatic rings. The first-order valence-electron chi connectivity index (χ1n) is 9.21. The Morgan fingerprint density at radius 2 is 1.92 bits per heavy atom. The number of ether oxygens (including phenoxy) is 2. The Morgan fingerprint density at radius 1 is 1.23 bits per heavy atom. The molecule has 0 aliphatic carbocycles. The first kappa shape index (κ1) is 20.2. The van der Waals surface area contributed by atoms with Crippen molar-refractivity contribution in [1.29, 1.82) is 0 Å². The average Bonchev–Trinajstić information content (AvgIpc) is 2.55. The van der Waals surface area contributed by atoms with Crippen molar-refractivity contribution >= 4 is 12.1 Å². The molecule has 1 amide bonds. The van der Waals surface area contributed by atoms with E-state index in [4.69, 9.17) is 9.47 Å². The van der Waals surface area contributed by atoms with Crippen LogP contribution in [0.2, 0.25) is 0 Å². The molecule has 6 nitrogen and oxygen atoms in total. The summed E-state index contributed by atoms with van der Waals surface area (Å²) in [6.45, 7) is 9.69. The van der Waals surface area contributed by atoms with Crippen molar-refractivity contribution in [2.24, 2.45) is 5.92 Å². The Balaban J connectivity index is 2.02. The van der Waals surface area contributed by atoms with Crippen LogP contribution in [0.1, 0.15) is 39.7 Å². The molecule has 1 heterocycles. The van der Waals surface area contributed by atoms with E-state index in [1.165, 1.54) is 5.56 Å². The molecule has 26 heavy (non-hydrogen) atoms. The van der Waals surface area contributed by atoms with E-state index in [1.807, 2.05) is 39.0 Å². The highest BCUT2D eigenvalue weighted by molar-refractivity contribution is 5.75. The standard InChI is InChI=1S/C20H30N2O4/c1-5-25-18(23)16-14-22(13-15-9-7-6-8-10-15)12-11-17(16)21-19(24)26-20(2,3)4/h6-10,16-17H,5,11-14H2,1-4H3,(H,21,24)/t16?,17-/m0/s1. The third-order valence-electron chi connectivity index (χ3n) is 4.24. The second-order valence-corrected chi connectivity index (χ2v) is 7.62. The van der Waals surface area contributed by atoms with Crippen molar-refractivity contribution in [3.05, 3.63) is 35.9 Å². The van der Waals surface area contributed by atoms with Crippen LogP contribution >= 0.6 is 0 Å². The highest BCUT2D eigenvalue weighted by Crippen LogP contribution is 2.21. The first-order valence-corrected chi connectivity index (χ1v) is 9.21. The number of nitrogens with zero attached hydrogens (tertiary/aromatic N) is 1. The van der Waals surface area contributed by atoms with Gasteiger partial charge < -0.3 is 14.8 Å². The second kappa shape index (κ2) is 9.03. The van der Waals surface area contributed by atoms with E-state index in [-0.39, 0.29) is 12.0 Å². The Hall–Kier alpha value is -2.08. The number of benzene rings is 1. The molecule has 0 radical (unpaired) electrons. The summed E-state index contributed by atoms with van der Waals surface area (Å²) >= 11 is 0. The van der Waals surface area contributed by atoms with Gasteiger partial charge in [-0.05, 0) is 39.7 Å². The zero-order chi connectivity index (χ0) is 19.2. The molecule has 144 valence electrons. The number of nitrogens with one attached hydrogen (secondary N) is 1. The van der Waals surface area contributed by atoms with Crippen LogP contribution < -0.4 is 5.32 Å². The van der Waals surface area contributed by atoms with Gasteiger partial charge in [-0.3, -0.25) is 9.69 Å². The van der Waals surface area contributed by atoms with Crippen LogP contribution in [0, 0.1) is 5.92 Å². The molecule has 1 aliphatic heterocycles. The average molecular weight is 362 g/mol. The molecule has 0 spiro atoms. The van der Waals surface area contributed by atoms with Gasteiger partial charge in [-0.15, -0.1) is 0 Å². The molecule has 1 unspecified atom stereocenters. The lowest BCUT2D eigenvalue weighted by molar-refractivity contribution is -0.151. The molecule has 1 saturated heterocycles. The van der Waals surface area contributed by atoms with Crippen molar-refractivity contribution in [1.82, 2.24) is 10.2 Å². The van der Waals surface area contributed by atoms with Gasteiger partial charge in [-0.1, -0.05) is 30.3 Å². The monoisotopic (exact) mass is 362 g/mol. The van der Waals surface area contributed by atoms with Crippen molar-refractivity contribution in [3.63, 3.8) is 0 Å². The van der Waals surface area contributed by atoms with Crippen LogP contribution in [0.5, 0.6) is 0 Å². The van der Waals surface area contributed by atoms with Crippen molar-refractivity contribution < 1.29 is 19.1 Å². The number of carbonyl (C=O) groups is 2. The summed E-state index contributed by atoms with van der Waals surface area (Å²) < 4.78 is 10.6. The predicted octanol–water partition coefficient (Wildman–Crippen LogP) is 2.96. The number of amides is 1. The fraction of sp³-hybridized carbons (Fsp3) is 0.600. The summed E-state index contributed by atoms with van der Waals surface area (Å²) in [5, 5.41) is 2.86. The van der Waals surface area contributed by atoms with Crippen molar-refractivity contribution in [2.75, 3.05) is 19.7 Å². The van der Waals surface area contributed by atoms with Gasteiger partial charge in [0.25, 0.3) is 0 Å². The van der Waals surface area contributed by atoms with Gasteiger partial charge in [-0.25, -0.2) is 4.79 Å². The van der Waals surface area contributed by atoms with E-state index in [1.54, 1.807) is 6.92 Å². The van der Waals surface area contributed by atoms with Gasteiger partial charge in [0.05, 0.1) is 12.5 Å². The zero-order valence-corrected chi connectivity index (χ0v) is 16.2. The first-order chi connectivity index (χ1) is 12.3. The summed E-state index contributed by atoms with van der Waals surface area (Å²) in [7, 11) is 0. The van der Waals surface area contributed by atoms with E-state index < -0.39 is 17.6 Å². The molecule has 0 aromatic heterocycles. The van der Waals surface area contributed by atoms with Crippen LogP contribution in [0.25, 0.3) is 0 Å². The lowest BCUT2D eigenvalue weighted by atomic mass is 9.91. The Labute approximate surface area is 155 Å². The summed E-state index contributed by atoms with van der Waals surface area (Å²) in [6.07, 6.45) is 0.184. The molecule has 6 heteroatoms. The minimum atomic E-state index is -0.572. The van der Waals surface area contributed by atoms with E-state index in [0.717, 1.165) is 13.1 Å². The Kier molecular flexibility index (Phi) is 7.03. The molecular formula is C20H30N2O4. The van der Waals surface area contributed by atoms with Crippen molar-refractivity contribution in [2.45, 2.75) is 52.3 Å². The lowest BCUT2D eigenvalue weighted by Gasteiger charge is -2.37. The van der Waals surface area contributed by atoms with Gasteiger partial charge in [0.15, 0.2) is 0 Å². The van der Waals surface area contributed by atoms with Crippen molar-refractivity contribution in [3.8, 4) is 0 Å². The number of alkyl carbamates (subject to hydrolysis) is 1. The van der Waals surface area contributed by atoms with Crippen LogP contribution in [0.15, 0.2) is 30.3 Å². The number of rotatable bonds is 5. The maximum Gasteiger partial charge on any atom is 0.407 e. The quantitative estimate of drug-likeness (QED) is 0.816. The molecule has 0 saturated carbocycles. The van der Waals surface area contributed by atoms with Gasteiger partial charge in [0.2, 0.25) is 0 Å². The van der Waals surface area contributed by atoms with Gasteiger partial charge >= 0.3 is 12.1 Å². The highest BCUT2D eigenvalue weighted by atomic mass is 16.6. The fourth-order valence-electron chi connectivity index (χ4n) is 3.12. The second-order valence-electron chi connectivity index (χ2n) is 7.62. The smallest absolute Gasteiger partial charge is 0.407 e. The zero-order valence-electron chi connectivity index (χ0n) is 16.2. The Morgan fingerprint density at radius 3 is 2.54 bits per heavy atom. The molecule has 1 aliphatic rings. The minimum Gasteiger partial charge on any atom is -0.466 e. The maximum absolute atomic E-state index is 12.4. The maximum atomic E-state index is 12.4. The molecule has 2 rings (SSSR count). The molecule has 1 N–H and O–H groups in total. The molecule has 1 aromatic carbocycles. The number of likely N-dealkylation sites (tertiary alicyclic amines) is 1. The molecule has 2 atom stereocenters. The van der Waals surface area contributed by atoms with Crippen LogP contribution in [0.4, 0.5) is 4.79 Å². The Bertz CT molecular complexity index is 598. The van der Waals surface area contributed by atoms with E-state index in [2.05, 4.69) is 22.3 Å². The van der Waals surface area contributed by atoms with E-state index >= 15 is 0 Å². The topological polar surface area (TPSA) is 67.9 Å². The number of hydrogen-bond acceptors (Lipinski definition) is 5. The summed E-state index contributed by atoms with van der Waals surface area (Å²) in [4.78, 5) is 26.8. The summed E-state index contributed by atoms with van der Waals surface area (Å²) in [6, 6.07) is 9.87. The lowest BCUT2D eigenvalue weighted by Crippen LogP contribution is -2.54. The third-order valence-corrected chi connectivity index (χ3v) is 4.24. The predicted molar refractivity (Wildman–Crippen MR) is 99.6 cm³/mol. The van der Waals surface area contributed by atoms with Gasteiger partial charge in [-0.2, -0.15) is 0 Å². The largest absolute Gasteiger partial charge is 0.466 e. The number of hydrogen-bond donors (Lipinski definition) is 1. The third kappa shape index (κ3) is 6.33. The summed E-state index contributed by atoms with van der Waals surface area (Å²) in [5.41, 5.74) is 0.631. The fourth-order valence-corrected chi connectivity index (χ4v) is 3.12. The number of carbonyl (C=O) groups excluding carboxylic acids is 2. The summed E-state index contributed by atoms with van der Waals surface area (Å²) in [5.74, 6) is -0.675. The number of esters is 1. The van der Waals surface area contributed by atoms with Crippen LogP contribution in [-0.4, -0.2) is 48.3 Å². The van der Waals surface area contributed by atoms with Crippen LogP contribution in [0.3, 0.4) is 0 Å². The number of piperidine rings is 1. The van der Waals surface area contributed by atoms with E-state index in [9.17, 15) is 9.59 Å². The van der Waals surface area contributed by atoms with Gasteiger partial charge in [0.1, 0.15) is 5.60 Å². The van der Waals surface area contributed by atoms with Crippen LogP contribution in [-0.2, 0) is 20.8 Å². The van der Waals surface area contributed by atoms with Gasteiger partial charge in [0, 0.05) is 25.7 Å². The molecule has 1 fully saturated rings.